The minimum atomic E-state index is -0.374. The second-order valence-electron chi connectivity index (χ2n) is 6.46. The number of ether oxygens (including phenoxy) is 1. The molecule has 3 aromatic rings. The Balaban J connectivity index is 1.61. The van der Waals surface area contributed by atoms with Crippen molar-refractivity contribution >= 4 is 57.6 Å². The number of hydrogen-bond donors (Lipinski definition) is 3. The van der Waals surface area contributed by atoms with E-state index in [0.717, 1.165) is 4.90 Å². The van der Waals surface area contributed by atoms with Gasteiger partial charge in [0.15, 0.2) is 17.2 Å². The summed E-state index contributed by atoms with van der Waals surface area (Å²) in [6, 6.07) is 11.3. The molecule has 0 spiro atoms. The van der Waals surface area contributed by atoms with Crippen molar-refractivity contribution in [2.24, 2.45) is 0 Å². The first kappa shape index (κ1) is 22.2. The molecule has 0 aliphatic rings. The number of carbonyl (C=O) groups excluding carboxylic acids is 1. The van der Waals surface area contributed by atoms with Crippen LogP contribution in [0.15, 0.2) is 42.5 Å². The third kappa shape index (κ3) is 5.76. The molecule has 3 rings (SSSR count). The van der Waals surface area contributed by atoms with Crippen LogP contribution in [-0.4, -0.2) is 36.4 Å². The van der Waals surface area contributed by atoms with Gasteiger partial charge in [-0.1, -0.05) is 35.1 Å². The second-order valence-corrected chi connectivity index (χ2v) is 8.52. The van der Waals surface area contributed by atoms with Crippen molar-refractivity contribution in [1.82, 2.24) is 9.78 Å². The van der Waals surface area contributed by atoms with Crippen molar-refractivity contribution in [3.05, 3.63) is 57.3 Å². The first-order chi connectivity index (χ1) is 14.4. The molecule has 0 radical (unpaired) electrons. The Bertz CT molecular complexity index is 1100. The molecule has 2 aromatic carbocycles. The number of aromatic nitrogens is 2. The van der Waals surface area contributed by atoms with Crippen LogP contribution in [0.1, 0.15) is 0 Å². The number of benzene rings is 2. The van der Waals surface area contributed by atoms with Crippen LogP contribution >= 0.6 is 35.2 Å². The maximum atomic E-state index is 13.8. The average Bonchev–Trinajstić information content (AvgIpc) is 3.02. The molecule has 1 aromatic heterocycles. The Hall–Kier alpha value is -2.53. The topological polar surface area (TPSA) is 72.6 Å². The molecular formula is C19H20ClFN5O2S2+. The van der Waals surface area contributed by atoms with E-state index < -0.39 is 0 Å². The van der Waals surface area contributed by atoms with Crippen molar-refractivity contribution in [3.8, 4) is 5.75 Å². The molecule has 0 aliphatic heterocycles. The molecule has 7 nitrogen and oxygen atoms in total. The summed E-state index contributed by atoms with van der Waals surface area (Å²) in [5.74, 6) is -0.0588. The van der Waals surface area contributed by atoms with E-state index in [1.54, 1.807) is 41.1 Å². The molecule has 1 unspecified atom stereocenters. The number of likely N-dealkylation sites (N-methyl/N-ethyl adjacent to an activating group) is 1. The number of methoxy groups -OCH3 is 1. The van der Waals surface area contributed by atoms with Crippen LogP contribution < -0.4 is 20.3 Å². The summed E-state index contributed by atoms with van der Waals surface area (Å²) in [6.07, 6.45) is 0. The quantitative estimate of drug-likeness (QED) is 0.442. The van der Waals surface area contributed by atoms with E-state index >= 15 is 0 Å². The highest BCUT2D eigenvalue weighted by atomic mass is 35.5. The first-order valence-electron chi connectivity index (χ1n) is 8.90. The Kier molecular flexibility index (Phi) is 7.38. The number of anilines is 3. The Labute approximate surface area is 187 Å². The van der Waals surface area contributed by atoms with E-state index in [2.05, 4.69) is 15.7 Å². The second kappa shape index (κ2) is 9.98. The van der Waals surface area contributed by atoms with E-state index in [9.17, 15) is 9.18 Å². The molecule has 0 saturated carbocycles. The van der Waals surface area contributed by atoms with Crippen LogP contribution in [0.2, 0.25) is 5.02 Å². The fourth-order valence-electron chi connectivity index (χ4n) is 2.69. The predicted molar refractivity (Wildman–Crippen MR) is 119 cm³/mol. The van der Waals surface area contributed by atoms with Crippen molar-refractivity contribution < 1.29 is 18.8 Å². The molecule has 1 atom stereocenters. The van der Waals surface area contributed by atoms with Gasteiger partial charge in [0.25, 0.3) is 5.91 Å². The summed E-state index contributed by atoms with van der Waals surface area (Å²) in [5, 5.41) is 11.1. The van der Waals surface area contributed by atoms with Crippen molar-refractivity contribution in [3.63, 3.8) is 0 Å². The minimum absolute atomic E-state index is 0.172. The first-order valence-corrected chi connectivity index (χ1v) is 10.5. The Morgan fingerprint density at radius 1 is 1.33 bits per heavy atom. The van der Waals surface area contributed by atoms with Crippen molar-refractivity contribution in [2.45, 2.75) is 6.67 Å². The Morgan fingerprint density at radius 2 is 2.10 bits per heavy atom. The van der Waals surface area contributed by atoms with Crippen LogP contribution in [0.5, 0.6) is 5.75 Å². The van der Waals surface area contributed by atoms with Gasteiger partial charge in [0.05, 0.1) is 25.5 Å². The predicted octanol–water partition coefficient (Wildman–Crippen LogP) is 3.33. The fourth-order valence-corrected chi connectivity index (χ4v) is 3.88. The SMILES string of the molecule is COc1ccc(Cl)cc1NC(=O)C[NH+](C)Cn1nc(Nc2ccccc2F)sc1=S. The summed E-state index contributed by atoms with van der Waals surface area (Å²) >= 11 is 12.6. The maximum Gasteiger partial charge on any atom is 0.279 e. The van der Waals surface area contributed by atoms with Gasteiger partial charge in [-0.15, -0.1) is 5.10 Å². The zero-order valence-corrected chi connectivity index (χ0v) is 18.6. The van der Waals surface area contributed by atoms with Crippen LogP contribution in [0.25, 0.3) is 0 Å². The van der Waals surface area contributed by atoms with Crippen molar-refractivity contribution in [2.75, 3.05) is 31.3 Å². The maximum absolute atomic E-state index is 13.8. The number of carbonyl (C=O) groups is 1. The molecule has 3 N–H and O–H groups in total. The van der Waals surface area contributed by atoms with E-state index in [-0.39, 0.29) is 18.3 Å². The molecule has 1 heterocycles. The molecule has 1 amide bonds. The zero-order chi connectivity index (χ0) is 21.7. The lowest BCUT2D eigenvalue weighted by molar-refractivity contribution is -0.895. The number of nitrogens with one attached hydrogen (secondary N) is 3. The number of rotatable bonds is 8. The lowest BCUT2D eigenvalue weighted by Crippen LogP contribution is -3.09. The third-order valence-corrected chi connectivity index (χ3v) is 5.50. The molecule has 11 heteroatoms. The monoisotopic (exact) mass is 468 g/mol. The summed E-state index contributed by atoms with van der Waals surface area (Å²) in [7, 11) is 3.37. The highest BCUT2D eigenvalue weighted by molar-refractivity contribution is 7.73. The number of hydrogen-bond acceptors (Lipinski definition) is 6. The van der Waals surface area contributed by atoms with Gasteiger partial charge >= 0.3 is 0 Å². The van der Waals surface area contributed by atoms with Gasteiger partial charge in [-0.05, 0) is 42.5 Å². The molecular weight excluding hydrogens is 449 g/mol. The smallest absolute Gasteiger partial charge is 0.279 e. The number of halogens is 2. The largest absolute Gasteiger partial charge is 0.495 e. The minimum Gasteiger partial charge on any atom is -0.495 e. The van der Waals surface area contributed by atoms with Gasteiger partial charge in [-0.3, -0.25) is 4.79 Å². The molecule has 0 saturated heterocycles. The lowest BCUT2D eigenvalue weighted by atomic mass is 10.3. The van der Waals surface area contributed by atoms with E-state index in [4.69, 9.17) is 28.6 Å². The Morgan fingerprint density at radius 3 is 2.83 bits per heavy atom. The van der Waals surface area contributed by atoms with Gasteiger partial charge in [-0.25, -0.2) is 4.39 Å². The fraction of sp³-hybridized carbons (Fsp3) is 0.211. The molecule has 0 fully saturated rings. The van der Waals surface area contributed by atoms with Gasteiger partial charge in [-0.2, -0.15) is 4.68 Å². The number of quaternary nitrogens is 1. The van der Waals surface area contributed by atoms with Crippen molar-refractivity contribution in [1.29, 1.82) is 0 Å². The molecule has 0 aliphatic carbocycles. The van der Waals surface area contributed by atoms with Crippen LogP contribution in [0, 0.1) is 9.77 Å². The van der Waals surface area contributed by atoms with Gasteiger partial charge in [0.1, 0.15) is 11.6 Å². The highest BCUT2D eigenvalue weighted by Crippen LogP contribution is 2.27. The van der Waals surface area contributed by atoms with Gasteiger partial charge < -0.3 is 20.3 Å². The summed E-state index contributed by atoms with van der Waals surface area (Å²) in [5.41, 5.74) is 0.827. The van der Waals surface area contributed by atoms with E-state index in [0.29, 0.717) is 37.9 Å². The summed E-state index contributed by atoms with van der Waals surface area (Å²) in [6.45, 7) is 0.541. The summed E-state index contributed by atoms with van der Waals surface area (Å²) in [4.78, 5) is 13.3. The highest BCUT2D eigenvalue weighted by Gasteiger charge is 2.15. The van der Waals surface area contributed by atoms with Crippen LogP contribution in [0.4, 0.5) is 20.9 Å². The molecule has 0 bridgehead atoms. The standard InChI is InChI=1S/C19H19ClFN5O2S2/c1-25(10-17(27)22-15-9-12(20)7-8-16(15)28-2)11-26-19(29)30-18(24-26)23-14-6-4-3-5-13(14)21/h3-9H,10-11H2,1-2H3,(H,22,27)(H,23,24)/p+1. The number of nitrogens with zero attached hydrogens (tertiary/aromatic N) is 2. The normalized spacial score (nSPS) is 11.7. The zero-order valence-electron chi connectivity index (χ0n) is 16.2. The van der Waals surface area contributed by atoms with E-state index in [1.165, 1.54) is 24.5 Å². The number of para-hydroxylation sites is 1. The molecule has 158 valence electrons. The van der Waals surface area contributed by atoms with E-state index in [1.807, 2.05) is 7.05 Å². The number of amides is 1. The van der Waals surface area contributed by atoms with Crippen LogP contribution in [0.3, 0.4) is 0 Å². The average molecular weight is 469 g/mol. The van der Waals surface area contributed by atoms with Gasteiger partial charge in [0, 0.05) is 5.02 Å². The summed E-state index contributed by atoms with van der Waals surface area (Å²) < 4.78 is 21.2. The van der Waals surface area contributed by atoms with Gasteiger partial charge in [0.2, 0.25) is 5.13 Å². The molecule has 30 heavy (non-hydrogen) atoms. The van der Waals surface area contributed by atoms with Crippen LogP contribution in [-0.2, 0) is 11.5 Å². The third-order valence-electron chi connectivity index (χ3n) is 4.04. The lowest BCUT2D eigenvalue weighted by Gasteiger charge is -2.15.